The molecule has 1 fully saturated rings. The second-order valence-electron chi connectivity index (χ2n) is 7.06. The molecule has 1 rings (SSSR count). The molecule has 1 heterocycles. The van der Waals surface area contributed by atoms with Gasteiger partial charge in [0.05, 0.1) is 0 Å². The van der Waals surface area contributed by atoms with Gasteiger partial charge in [-0.1, -0.05) is 0 Å². The normalized spacial score (nSPS) is 24.7. The molecule has 0 saturated carbocycles. The Kier molecular flexibility index (Phi) is 7.58. The summed E-state index contributed by atoms with van der Waals surface area (Å²) >= 11 is 0. The molecule has 0 radical (unpaired) electrons. The van der Waals surface area contributed by atoms with Crippen molar-refractivity contribution in [2.24, 2.45) is 0 Å². The maximum absolute atomic E-state index is 13.3. The summed E-state index contributed by atoms with van der Waals surface area (Å²) < 4.78 is 246. The molecule has 3 nitrogen and oxygen atoms in total. The van der Waals surface area contributed by atoms with Crippen molar-refractivity contribution < 1.29 is 92.6 Å². The number of rotatable bonds is 5. The van der Waals surface area contributed by atoms with Gasteiger partial charge in [0.1, 0.15) is 0 Å². The van der Waals surface area contributed by atoms with Crippen LogP contribution in [0.25, 0.3) is 0 Å². The van der Waals surface area contributed by atoms with Crippen molar-refractivity contribution in [3.05, 3.63) is 0 Å². The Bertz CT molecular complexity index is 687. The van der Waals surface area contributed by atoms with E-state index in [-0.39, 0.29) is 6.92 Å². The van der Waals surface area contributed by atoms with Gasteiger partial charge < -0.3 is 0 Å². The summed E-state index contributed by atoms with van der Waals surface area (Å²) in [5, 5.41) is 0. The summed E-state index contributed by atoms with van der Waals surface area (Å²) in [7, 11) is -7.93. The molecular formula is C13H11F18O3P. The van der Waals surface area contributed by atoms with E-state index in [1.54, 1.807) is 0 Å². The fourth-order valence-electron chi connectivity index (χ4n) is 3.29. The first-order chi connectivity index (χ1) is 14.9. The third-order valence-corrected chi connectivity index (χ3v) is 9.91. The minimum atomic E-state index is -7.93. The standard InChI is InChI=1S/C13H11F18O3P/c1-3-35(32-5(8(14,15)16)9(17,18)19,33-6(10(20,21)22)11(23,24)25)4(2)7(34-35,12(26,27)28)13(29,30)31/h4-6H,3H2,1-2H3. The Labute approximate surface area is 181 Å². The summed E-state index contributed by atoms with van der Waals surface area (Å²) in [5.74, 6) is 0. The van der Waals surface area contributed by atoms with Crippen LogP contribution in [0.5, 0.6) is 0 Å². The van der Waals surface area contributed by atoms with Crippen LogP contribution < -0.4 is 0 Å². The molecule has 35 heavy (non-hydrogen) atoms. The van der Waals surface area contributed by atoms with E-state index in [0.29, 0.717) is 0 Å². The maximum atomic E-state index is 13.3. The molecule has 0 aromatic rings. The first-order valence-electron chi connectivity index (χ1n) is 8.43. The van der Waals surface area contributed by atoms with E-state index in [1.807, 2.05) is 0 Å². The van der Waals surface area contributed by atoms with E-state index in [9.17, 15) is 79.0 Å². The first-order valence-corrected chi connectivity index (χ1v) is 10.7. The molecule has 0 aliphatic carbocycles. The van der Waals surface area contributed by atoms with E-state index >= 15 is 0 Å². The molecule has 1 unspecified atom stereocenters. The number of alkyl halides is 18. The molecule has 22 heteroatoms. The van der Waals surface area contributed by atoms with Crippen LogP contribution in [0.2, 0.25) is 0 Å². The SMILES string of the molecule is CCP1(OC(C(F)(F)F)C(F)(F)F)(OC(C(F)(F)F)C(F)(F)F)OC(C(F)(F)F)(C(F)(F)F)C1C. The fraction of sp³-hybridized carbons (Fsp3) is 1.00. The van der Waals surface area contributed by atoms with Crippen molar-refractivity contribution in [3.8, 4) is 0 Å². The molecule has 0 N–H and O–H groups in total. The van der Waals surface area contributed by atoms with Crippen LogP contribution in [0.3, 0.4) is 0 Å². The van der Waals surface area contributed by atoms with E-state index in [0.717, 1.165) is 0 Å². The third-order valence-electron chi connectivity index (χ3n) is 4.93. The second kappa shape index (κ2) is 8.28. The van der Waals surface area contributed by atoms with Crippen LogP contribution in [0.1, 0.15) is 13.8 Å². The van der Waals surface area contributed by atoms with Crippen molar-refractivity contribution in [2.45, 2.75) is 74.4 Å². The molecule has 0 spiro atoms. The summed E-state index contributed by atoms with van der Waals surface area (Å²) in [5.41, 5.74) is -9.95. The van der Waals surface area contributed by atoms with Crippen molar-refractivity contribution in [2.75, 3.05) is 6.16 Å². The monoisotopic (exact) mass is 588 g/mol. The average Bonchev–Trinajstić information content (AvgIpc) is 2.54. The van der Waals surface area contributed by atoms with Crippen LogP contribution in [-0.4, -0.2) is 66.7 Å². The quantitative estimate of drug-likeness (QED) is 0.245. The fourth-order valence-corrected chi connectivity index (χ4v) is 8.15. The summed E-state index contributed by atoms with van der Waals surface area (Å²) in [6, 6.07) is 0. The van der Waals surface area contributed by atoms with Gasteiger partial charge in [0.2, 0.25) is 0 Å². The van der Waals surface area contributed by atoms with Crippen LogP contribution in [-0.2, 0) is 13.6 Å². The molecule has 212 valence electrons. The van der Waals surface area contributed by atoms with Crippen molar-refractivity contribution in [3.63, 3.8) is 0 Å². The zero-order chi connectivity index (χ0) is 28.5. The van der Waals surface area contributed by atoms with Gasteiger partial charge in [0.25, 0.3) is 0 Å². The molecule has 1 saturated heterocycles. The Balaban J connectivity index is 4.04. The van der Waals surface area contributed by atoms with E-state index in [1.165, 1.54) is 0 Å². The van der Waals surface area contributed by atoms with Crippen LogP contribution >= 0.6 is 7.28 Å². The predicted molar refractivity (Wildman–Crippen MR) is 76.8 cm³/mol. The Morgan fingerprint density at radius 3 is 1.03 bits per heavy atom. The van der Waals surface area contributed by atoms with E-state index in [4.69, 9.17) is 0 Å². The van der Waals surface area contributed by atoms with Gasteiger partial charge in [-0.05, 0) is 0 Å². The Morgan fingerprint density at radius 2 is 0.886 bits per heavy atom. The predicted octanol–water partition coefficient (Wildman–Crippen LogP) is 7.61. The average molecular weight is 588 g/mol. The van der Waals surface area contributed by atoms with Crippen molar-refractivity contribution in [1.29, 1.82) is 0 Å². The Hall–Kier alpha value is -0.950. The van der Waals surface area contributed by atoms with Crippen molar-refractivity contribution in [1.82, 2.24) is 0 Å². The van der Waals surface area contributed by atoms with Crippen LogP contribution in [0, 0.1) is 0 Å². The molecular weight excluding hydrogens is 577 g/mol. The molecule has 1 aliphatic rings. The summed E-state index contributed by atoms with van der Waals surface area (Å²) in [6.45, 7) is -0.488. The van der Waals surface area contributed by atoms with E-state index in [2.05, 4.69) is 13.6 Å². The number of hydrogen-bond acceptors (Lipinski definition) is 3. The first kappa shape index (κ1) is 32.1. The van der Waals surface area contributed by atoms with Gasteiger partial charge in [-0.3, -0.25) is 0 Å². The number of hydrogen-bond donors (Lipinski definition) is 0. The molecule has 1 aliphatic heterocycles. The second-order valence-corrected chi connectivity index (χ2v) is 11.3. The zero-order valence-corrected chi connectivity index (χ0v) is 17.3. The van der Waals surface area contributed by atoms with Gasteiger partial charge in [0.15, 0.2) is 0 Å². The van der Waals surface area contributed by atoms with Crippen LogP contribution in [0.15, 0.2) is 0 Å². The molecule has 0 amide bonds. The molecule has 0 bridgehead atoms. The topological polar surface area (TPSA) is 27.7 Å². The van der Waals surface area contributed by atoms with Crippen LogP contribution in [0.4, 0.5) is 79.0 Å². The third kappa shape index (κ3) is 5.23. The molecule has 0 aromatic carbocycles. The zero-order valence-electron chi connectivity index (χ0n) is 16.4. The van der Waals surface area contributed by atoms with Gasteiger partial charge in [0, 0.05) is 0 Å². The summed E-state index contributed by atoms with van der Waals surface area (Å²) in [4.78, 5) is 0. The summed E-state index contributed by atoms with van der Waals surface area (Å²) in [6.07, 6.45) is -54.1. The minimum absolute atomic E-state index is 0.0403. The Morgan fingerprint density at radius 1 is 0.629 bits per heavy atom. The molecule has 1 atom stereocenters. The van der Waals surface area contributed by atoms with Gasteiger partial charge in [-0.15, -0.1) is 0 Å². The van der Waals surface area contributed by atoms with Gasteiger partial charge in [-0.25, -0.2) is 0 Å². The van der Waals surface area contributed by atoms with E-state index < -0.39 is 80.9 Å². The van der Waals surface area contributed by atoms with Gasteiger partial charge in [-0.2, -0.15) is 0 Å². The van der Waals surface area contributed by atoms with Crippen molar-refractivity contribution >= 4 is 7.28 Å². The number of halogens is 18. The van der Waals surface area contributed by atoms with Gasteiger partial charge >= 0.3 is 180 Å². The molecule has 0 aromatic heterocycles.